The van der Waals surface area contributed by atoms with E-state index in [4.69, 9.17) is 4.18 Å². The summed E-state index contributed by atoms with van der Waals surface area (Å²) < 4.78 is 73.4. The van der Waals surface area contributed by atoms with Crippen LogP contribution in [0.1, 0.15) is 36.8 Å². The molecule has 7 aromatic carbocycles. The van der Waals surface area contributed by atoms with Crippen LogP contribution in [0.5, 0.6) is 5.75 Å². The van der Waals surface area contributed by atoms with Gasteiger partial charge in [0.05, 0.1) is 4.90 Å². The summed E-state index contributed by atoms with van der Waals surface area (Å²) >= 11 is 0. The van der Waals surface area contributed by atoms with E-state index in [1.54, 1.807) is 0 Å². The quantitative estimate of drug-likeness (QED) is 0.120. The molecule has 0 bridgehead atoms. The van der Waals surface area contributed by atoms with E-state index in [1.807, 2.05) is 109 Å². The van der Waals surface area contributed by atoms with Crippen LogP contribution in [0.25, 0.3) is 54.9 Å². The fourth-order valence-electron chi connectivity index (χ4n) is 7.65. The molecule has 0 N–H and O–H groups in total. The molecule has 0 heterocycles. The highest BCUT2D eigenvalue weighted by atomic mass is 32.2. The topological polar surface area (TPSA) is 101 Å². The van der Waals surface area contributed by atoms with Gasteiger partial charge in [-0.05, 0) is 99.3 Å². The number of hydrogen-bond acceptors (Lipinski definition) is 6. The zero-order valence-electron chi connectivity index (χ0n) is 28.3. The van der Waals surface area contributed by atoms with Gasteiger partial charge in [-0.3, -0.25) is 0 Å². The summed E-state index contributed by atoms with van der Waals surface area (Å²) in [6.45, 7) is 0. The van der Waals surface area contributed by atoms with Crippen molar-refractivity contribution in [1.82, 2.24) is 0 Å². The Morgan fingerprint density at radius 3 is 1.71 bits per heavy atom. The molecule has 0 saturated heterocycles. The Labute approximate surface area is 304 Å². The van der Waals surface area contributed by atoms with Crippen molar-refractivity contribution >= 4 is 41.8 Å². The summed E-state index contributed by atoms with van der Waals surface area (Å²) in [7, 11) is -9.40. The average Bonchev–Trinajstić information content (AvgIpc) is 3.14. The first kappa shape index (κ1) is 33.8. The number of hydrogen-bond donors (Lipinski definition) is 0. The molecule has 0 spiro atoms. The van der Waals surface area contributed by atoms with E-state index in [0.29, 0.717) is 53.5 Å². The fourth-order valence-corrected chi connectivity index (χ4v) is 9.77. The van der Waals surface area contributed by atoms with Gasteiger partial charge in [0.15, 0.2) is 0 Å². The van der Waals surface area contributed by atoms with Crippen LogP contribution in [0.2, 0.25) is 0 Å². The van der Waals surface area contributed by atoms with Crippen LogP contribution in [0.15, 0.2) is 149 Å². The molecule has 260 valence electrons. The van der Waals surface area contributed by atoms with Gasteiger partial charge in [-0.2, -0.15) is 8.42 Å². The first-order valence-electron chi connectivity index (χ1n) is 17.4. The molecule has 8 heteroatoms. The second-order valence-corrected chi connectivity index (χ2v) is 16.1. The Morgan fingerprint density at radius 2 is 1.04 bits per heavy atom. The van der Waals surface area contributed by atoms with Crippen molar-refractivity contribution in [3.8, 4) is 39.1 Å². The Hall–Kier alpha value is -5.28. The molecule has 0 atom stereocenters. The van der Waals surface area contributed by atoms with Gasteiger partial charge in [0.25, 0.3) is 0 Å². The number of fused-ring (bicyclic) bond motifs is 3. The molecule has 8 rings (SSSR count). The van der Waals surface area contributed by atoms with Crippen molar-refractivity contribution in [2.24, 2.45) is 0 Å². The van der Waals surface area contributed by atoms with Crippen LogP contribution in [0.3, 0.4) is 0 Å². The highest BCUT2D eigenvalue weighted by Crippen LogP contribution is 2.45. The fraction of sp³-hybridized carbons (Fsp3) is 0.136. The van der Waals surface area contributed by atoms with Gasteiger partial charge < -0.3 is 8.74 Å². The molecular weight excluding hydrogens is 689 g/mol. The summed E-state index contributed by atoms with van der Waals surface area (Å²) in [6, 6.07) is 43.7. The van der Waals surface area contributed by atoms with E-state index in [1.165, 1.54) is 12.1 Å². The normalized spacial score (nSPS) is 13.7. The summed E-state index contributed by atoms with van der Waals surface area (Å²) in [4.78, 5) is -0.311. The monoisotopic (exact) mass is 723 g/mol. The zero-order chi connectivity index (χ0) is 35.9. The average molecular weight is 724 g/mol. The maximum absolute atomic E-state index is 15.1. The first-order chi connectivity index (χ1) is 25.2. The summed E-state index contributed by atoms with van der Waals surface area (Å²) in [5, 5.41) is 3.93. The lowest BCUT2D eigenvalue weighted by Crippen LogP contribution is -2.16. The maximum atomic E-state index is 15.1. The summed E-state index contributed by atoms with van der Waals surface area (Å²) in [5.74, 6) is 0.0466. The summed E-state index contributed by atoms with van der Waals surface area (Å²) in [6.07, 6.45) is 3.93. The van der Waals surface area contributed by atoms with Gasteiger partial charge in [0.2, 0.25) is 0 Å². The van der Waals surface area contributed by atoms with Gasteiger partial charge in [0.1, 0.15) is 20.8 Å². The van der Waals surface area contributed by atoms with Crippen molar-refractivity contribution in [3.05, 3.63) is 151 Å². The molecule has 0 unspecified atom stereocenters. The van der Waals surface area contributed by atoms with Crippen LogP contribution in [-0.2, 0) is 33.1 Å². The van der Waals surface area contributed by atoms with Crippen LogP contribution in [0.4, 0.5) is 0 Å². The Bertz CT molecular complexity index is 2690. The Morgan fingerprint density at radius 1 is 0.481 bits per heavy atom. The molecule has 0 amide bonds. The van der Waals surface area contributed by atoms with Crippen LogP contribution < -0.4 is 4.18 Å². The number of benzene rings is 7. The van der Waals surface area contributed by atoms with E-state index in [0.717, 1.165) is 51.1 Å². The highest BCUT2D eigenvalue weighted by molar-refractivity contribution is 7.87. The third-order valence-corrected chi connectivity index (χ3v) is 12.3. The van der Waals surface area contributed by atoms with E-state index >= 15 is 8.42 Å². The highest BCUT2D eigenvalue weighted by Gasteiger charge is 2.31. The summed E-state index contributed by atoms with van der Waals surface area (Å²) in [5.41, 5.74) is 4.97. The first-order valence-corrected chi connectivity index (χ1v) is 20.3. The van der Waals surface area contributed by atoms with E-state index in [9.17, 15) is 13.0 Å². The van der Waals surface area contributed by atoms with Crippen molar-refractivity contribution in [1.29, 1.82) is 0 Å². The molecule has 1 aliphatic carbocycles. The second kappa shape index (κ2) is 13.7. The second-order valence-electron chi connectivity index (χ2n) is 13.2. The Kier molecular flexibility index (Phi) is 8.91. The number of rotatable bonds is 7. The molecule has 1 aliphatic rings. The van der Waals surface area contributed by atoms with Crippen LogP contribution >= 0.6 is 0 Å². The van der Waals surface area contributed by atoms with Crippen molar-refractivity contribution < 1.29 is 25.6 Å². The molecule has 0 aromatic heterocycles. The standard InChI is InChI=1S/C44H36O6S2/c45-51(46,47)43-27-26-42(38-22-6-1-2-7-23-39(38)43)50-52(48,49)44-40(32-14-4-3-5-15-32)28-33(36-24-12-18-30-16-8-10-20-34(30)36)29-41(44)37-25-13-19-31-17-9-11-21-35(31)37/h3-5,8-21,24-29H,1-2,6-7,22-23H2,(H,45,46,47)/p-1. The van der Waals surface area contributed by atoms with Crippen molar-refractivity contribution in [2.75, 3.05) is 0 Å². The molecule has 0 radical (unpaired) electrons. The van der Waals surface area contributed by atoms with E-state index < -0.39 is 20.2 Å². The van der Waals surface area contributed by atoms with Crippen molar-refractivity contribution in [2.45, 2.75) is 48.3 Å². The third kappa shape index (κ3) is 6.38. The Balaban J connectivity index is 1.43. The minimum atomic E-state index is -4.79. The van der Waals surface area contributed by atoms with E-state index in [-0.39, 0.29) is 15.5 Å². The van der Waals surface area contributed by atoms with Gasteiger partial charge in [-0.15, -0.1) is 0 Å². The maximum Gasteiger partial charge on any atom is 0.340 e. The SMILES string of the molecule is O=S(=O)([O-])c1ccc(OS(=O)(=O)c2c(-c3ccccc3)cc(-c3cccc4ccccc34)cc2-c2cccc3ccccc23)c2c1CCCCCC2. The molecule has 6 nitrogen and oxygen atoms in total. The predicted octanol–water partition coefficient (Wildman–Crippen LogP) is 10.3. The lowest BCUT2D eigenvalue weighted by atomic mass is 9.89. The molecule has 0 aliphatic heterocycles. The molecule has 52 heavy (non-hydrogen) atoms. The van der Waals surface area contributed by atoms with Gasteiger partial charge in [-0.1, -0.05) is 128 Å². The predicted molar refractivity (Wildman–Crippen MR) is 206 cm³/mol. The van der Waals surface area contributed by atoms with Gasteiger partial charge in [0, 0.05) is 16.7 Å². The molecule has 7 aromatic rings. The lowest BCUT2D eigenvalue weighted by molar-refractivity contribution is 0.460. The smallest absolute Gasteiger partial charge is 0.340 e. The molecule has 0 saturated carbocycles. The molecular formula is C44H35O6S2-. The van der Waals surface area contributed by atoms with Crippen LogP contribution in [0, 0.1) is 0 Å². The third-order valence-electron chi connectivity index (χ3n) is 10.0. The minimum absolute atomic E-state index is 0.000781. The van der Waals surface area contributed by atoms with Crippen LogP contribution in [-0.4, -0.2) is 21.4 Å². The van der Waals surface area contributed by atoms with Gasteiger partial charge in [-0.25, -0.2) is 8.42 Å². The van der Waals surface area contributed by atoms with Gasteiger partial charge >= 0.3 is 10.1 Å². The lowest BCUT2D eigenvalue weighted by Gasteiger charge is -2.23. The molecule has 0 fully saturated rings. The minimum Gasteiger partial charge on any atom is -0.744 e. The zero-order valence-corrected chi connectivity index (χ0v) is 29.9. The van der Waals surface area contributed by atoms with Crippen molar-refractivity contribution in [3.63, 3.8) is 0 Å². The largest absolute Gasteiger partial charge is 0.744 e. The van der Waals surface area contributed by atoms with E-state index in [2.05, 4.69) is 18.2 Å².